The lowest BCUT2D eigenvalue weighted by Gasteiger charge is -2.18. The van der Waals surface area contributed by atoms with Crippen molar-refractivity contribution in [3.8, 4) is 0 Å². The fourth-order valence-corrected chi connectivity index (χ4v) is 1.09. The lowest BCUT2D eigenvalue weighted by atomic mass is 10.5. The summed E-state index contributed by atoms with van der Waals surface area (Å²) in [6, 6.07) is 0. The first-order chi connectivity index (χ1) is 7.19. The Labute approximate surface area is 86.5 Å². The lowest BCUT2D eigenvalue weighted by molar-refractivity contribution is -0.385. The first-order valence-corrected chi connectivity index (χ1v) is 4.51. The predicted molar refractivity (Wildman–Crippen MR) is 53.7 cm³/mol. The fraction of sp³-hybridized carbons (Fsp3) is 0.500. The molecule has 1 N–H and O–H groups in total. The Bertz CT molecular complexity index is 327. The van der Waals surface area contributed by atoms with Crippen LogP contribution in [0.2, 0.25) is 0 Å². The van der Waals surface area contributed by atoms with Gasteiger partial charge in [-0.1, -0.05) is 0 Å². The van der Waals surface area contributed by atoms with Gasteiger partial charge in [-0.2, -0.15) is 0 Å². The van der Waals surface area contributed by atoms with Crippen molar-refractivity contribution in [3.05, 3.63) is 22.5 Å². The molecule has 0 saturated carbocycles. The highest BCUT2D eigenvalue weighted by atomic mass is 16.6. The van der Waals surface area contributed by atoms with Crippen molar-refractivity contribution >= 4 is 11.6 Å². The molecule has 1 rings (SSSR count). The van der Waals surface area contributed by atoms with E-state index in [0.717, 1.165) is 12.4 Å². The van der Waals surface area contributed by atoms with Crippen LogP contribution in [0.25, 0.3) is 0 Å². The van der Waals surface area contributed by atoms with E-state index < -0.39 is 4.92 Å². The minimum atomic E-state index is -0.549. The molecule has 15 heavy (non-hydrogen) atoms. The molecule has 1 heterocycles. The number of nitrogens with zero attached hydrogens (tertiary/aromatic N) is 4. The standard InChI is InChI=1S/C8H12N4O3/c1-2-11(3-4-13)8-9-5-7(6-10-8)12(14)15/h5-6,13H,2-4H2,1H3. The first-order valence-electron chi connectivity index (χ1n) is 4.51. The van der Waals surface area contributed by atoms with E-state index in [-0.39, 0.29) is 12.3 Å². The molecule has 1 aromatic rings. The molecule has 7 nitrogen and oxygen atoms in total. The van der Waals surface area contributed by atoms with Gasteiger partial charge >= 0.3 is 5.69 Å². The Morgan fingerprint density at radius 3 is 2.53 bits per heavy atom. The molecule has 0 fully saturated rings. The van der Waals surface area contributed by atoms with Crippen molar-refractivity contribution in [3.63, 3.8) is 0 Å². The third-order valence-electron chi connectivity index (χ3n) is 1.87. The van der Waals surface area contributed by atoms with Crippen LogP contribution in [-0.2, 0) is 0 Å². The zero-order chi connectivity index (χ0) is 11.3. The van der Waals surface area contributed by atoms with Crippen LogP contribution < -0.4 is 4.90 Å². The third kappa shape index (κ3) is 2.84. The van der Waals surface area contributed by atoms with E-state index in [9.17, 15) is 10.1 Å². The maximum absolute atomic E-state index is 10.3. The van der Waals surface area contributed by atoms with Crippen molar-refractivity contribution < 1.29 is 10.0 Å². The van der Waals surface area contributed by atoms with E-state index in [1.165, 1.54) is 0 Å². The van der Waals surface area contributed by atoms with E-state index in [2.05, 4.69) is 9.97 Å². The topological polar surface area (TPSA) is 92.4 Å². The quantitative estimate of drug-likeness (QED) is 0.553. The first kappa shape index (κ1) is 11.3. The number of nitro groups is 1. The van der Waals surface area contributed by atoms with Crippen LogP contribution in [-0.4, -0.2) is 39.7 Å². The van der Waals surface area contributed by atoms with Gasteiger partial charge in [0.25, 0.3) is 0 Å². The van der Waals surface area contributed by atoms with Gasteiger partial charge in [-0.25, -0.2) is 9.97 Å². The smallest absolute Gasteiger partial charge is 0.305 e. The Kier molecular flexibility index (Phi) is 3.92. The summed E-state index contributed by atoms with van der Waals surface area (Å²) in [5, 5.41) is 19.1. The van der Waals surface area contributed by atoms with Crippen molar-refractivity contribution in [1.29, 1.82) is 0 Å². The number of anilines is 1. The molecule has 7 heteroatoms. The normalized spacial score (nSPS) is 10.0. The van der Waals surface area contributed by atoms with Gasteiger partial charge in [-0.3, -0.25) is 10.1 Å². The number of hydrogen-bond donors (Lipinski definition) is 1. The Morgan fingerprint density at radius 2 is 2.13 bits per heavy atom. The van der Waals surface area contributed by atoms with Gasteiger partial charge in [0.2, 0.25) is 5.95 Å². The molecule has 0 aliphatic rings. The molecular formula is C8H12N4O3. The van der Waals surface area contributed by atoms with E-state index in [0.29, 0.717) is 19.0 Å². The van der Waals surface area contributed by atoms with Crippen LogP contribution >= 0.6 is 0 Å². The molecule has 0 unspecified atom stereocenters. The van der Waals surface area contributed by atoms with Crippen LogP contribution in [0.3, 0.4) is 0 Å². The van der Waals surface area contributed by atoms with Crippen LogP contribution in [0.5, 0.6) is 0 Å². The van der Waals surface area contributed by atoms with Crippen LogP contribution in [0.4, 0.5) is 11.6 Å². The molecule has 0 aliphatic heterocycles. The Morgan fingerprint density at radius 1 is 1.53 bits per heavy atom. The van der Waals surface area contributed by atoms with Gasteiger partial charge in [0.15, 0.2) is 0 Å². The second-order valence-corrected chi connectivity index (χ2v) is 2.80. The van der Waals surface area contributed by atoms with E-state index >= 15 is 0 Å². The minimum Gasteiger partial charge on any atom is -0.395 e. The summed E-state index contributed by atoms with van der Waals surface area (Å²) in [6.07, 6.45) is 2.31. The zero-order valence-electron chi connectivity index (χ0n) is 8.33. The van der Waals surface area contributed by atoms with Crippen LogP contribution in [0.1, 0.15) is 6.92 Å². The second kappa shape index (κ2) is 5.20. The second-order valence-electron chi connectivity index (χ2n) is 2.80. The highest BCUT2D eigenvalue weighted by Gasteiger charge is 2.10. The van der Waals surface area contributed by atoms with E-state index in [4.69, 9.17) is 5.11 Å². The van der Waals surface area contributed by atoms with Crippen molar-refractivity contribution in [2.75, 3.05) is 24.6 Å². The summed E-state index contributed by atoms with van der Waals surface area (Å²) in [7, 11) is 0. The van der Waals surface area contributed by atoms with E-state index in [1.54, 1.807) is 4.90 Å². The summed E-state index contributed by atoms with van der Waals surface area (Å²) in [5.74, 6) is 0.386. The molecule has 1 aromatic heterocycles. The van der Waals surface area contributed by atoms with Crippen molar-refractivity contribution in [2.45, 2.75) is 6.92 Å². The van der Waals surface area contributed by atoms with Gasteiger partial charge in [0.05, 0.1) is 11.5 Å². The number of aliphatic hydroxyl groups is 1. The van der Waals surface area contributed by atoms with Gasteiger partial charge in [0.1, 0.15) is 12.4 Å². The average molecular weight is 212 g/mol. The number of likely N-dealkylation sites (N-methyl/N-ethyl adjacent to an activating group) is 1. The van der Waals surface area contributed by atoms with Crippen molar-refractivity contribution in [1.82, 2.24) is 9.97 Å². The van der Waals surface area contributed by atoms with Gasteiger partial charge in [-0.05, 0) is 6.92 Å². The number of aromatic nitrogens is 2. The maximum atomic E-state index is 10.3. The van der Waals surface area contributed by atoms with Gasteiger partial charge in [0, 0.05) is 13.1 Å². The highest BCUT2D eigenvalue weighted by molar-refractivity contribution is 5.33. The SMILES string of the molecule is CCN(CCO)c1ncc([N+](=O)[O-])cn1. The molecule has 0 atom stereocenters. The third-order valence-corrected chi connectivity index (χ3v) is 1.87. The van der Waals surface area contributed by atoms with Gasteiger partial charge < -0.3 is 10.0 Å². The van der Waals surface area contributed by atoms with Crippen molar-refractivity contribution in [2.24, 2.45) is 0 Å². The monoisotopic (exact) mass is 212 g/mol. The Hall–Kier alpha value is -1.76. The summed E-state index contributed by atoms with van der Waals surface area (Å²) < 4.78 is 0. The lowest BCUT2D eigenvalue weighted by Crippen LogP contribution is -2.27. The summed E-state index contributed by atoms with van der Waals surface area (Å²) in [4.78, 5) is 19.2. The molecule has 0 aromatic carbocycles. The number of hydrogen-bond acceptors (Lipinski definition) is 6. The number of aliphatic hydroxyl groups excluding tert-OH is 1. The summed E-state index contributed by atoms with van der Waals surface area (Å²) >= 11 is 0. The number of rotatable bonds is 5. The Balaban J connectivity index is 2.81. The highest BCUT2D eigenvalue weighted by Crippen LogP contribution is 2.11. The average Bonchev–Trinajstić information content (AvgIpc) is 2.26. The maximum Gasteiger partial charge on any atom is 0.305 e. The molecule has 0 amide bonds. The van der Waals surface area contributed by atoms with E-state index in [1.807, 2.05) is 6.92 Å². The molecule has 0 aliphatic carbocycles. The fourth-order valence-electron chi connectivity index (χ4n) is 1.09. The molecule has 0 saturated heterocycles. The summed E-state index contributed by atoms with van der Waals surface area (Å²) in [6.45, 7) is 2.93. The summed E-state index contributed by atoms with van der Waals surface area (Å²) in [5.41, 5.74) is -0.140. The zero-order valence-corrected chi connectivity index (χ0v) is 8.33. The molecule has 82 valence electrons. The van der Waals surface area contributed by atoms with Gasteiger partial charge in [-0.15, -0.1) is 0 Å². The van der Waals surface area contributed by atoms with Crippen LogP contribution in [0, 0.1) is 10.1 Å². The molecule has 0 radical (unpaired) electrons. The predicted octanol–water partition coefficient (Wildman–Crippen LogP) is 0.203. The largest absolute Gasteiger partial charge is 0.395 e. The molecule has 0 bridgehead atoms. The molecule has 0 spiro atoms. The molecular weight excluding hydrogens is 200 g/mol. The van der Waals surface area contributed by atoms with Crippen LogP contribution in [0.15, 0.2) is 12.4 Å². The minimum absolute atomic E-state index is 0.00577.